The second-order valence-electron chi connectivity index (χ2n) is 4.18. The number of carbonyl (C=O) groups excluding carboxylic acids is 2. The molecule has 0 atom stereocenters. The summed E-state index contributed by atoms with van der Waals surface area (Å²) in [6.07, 6.45) is 0. The van der Waals surface area contributed by atoms with Crippen LogP contribution >= 0.6 is 23.2 Å². The Hall–Kier alpha value is -2.71. The zero-order chi connectivity index (χ0) is 17.0. The van der Waals surface area contributed by atoms with Crippen LogP contribution in [0.25, 0.3) is 0 Å². The number of halogens is 2. The van der Waals surface area contributed by atoms with Crippen LogP contribution in [0.15, 0.2) is 36.4 Å². The average Bonchev–Trinajstić information content (AvgIpc) is 2.54. The first-order valence-corrected chi connectivity index (χ1v) is 6.81. The fraction of sp³-hybridized carbons (Fsp3) is 0. The van der Waals surface area contributed by atoms with Crippen LogP contribution in [0.2, 0.25) is 10.2 Å². The highest BCUT2D eigenvalue weighted by Gasteiger charge is 2.15. The maximum absolute atomic E-state index is 11.9. The molecule has 2 amide bonds. The maximum atomic E-state index is 11.9. The molecule has 2 rings (SSSR count). The summed E-state index contributed by atoms with van der Waals surface area (Å²) in [7, 11) is 0. The van der Waals surface area contributed by atoms with Crippen molar-refractivity contribution in [3.8, 4) is 0 Å². The first-order chi connectivity index (χ1) is 10.9. The molecule has 118 valence electrons. The van der Waals surface area contributed by atoms with Gasteiger partial charge in [-0.1, -0.05) is 23.2 Å². The highest BCUT2D eigenvalue weighted by atomic mass is 35.5. The zero-order valence-electron chi connectivity index (χ0n) is 11.2. The number of nitrogens with one attached hydrogen (secondary N) is 2. The summed E-state index contributed by atoms with van der Waals surface area (Å²) in [5.41, 5.74) is 4.09. The van der Waals surface area contributed by atoms with E-state index in [0.29, 0.717) is 0 Å². The normalized spacial score (nSPS) is 10.0. The van der Waals surface area contributed by atoms with Gasteiger partial charge in [0.2, 0.25) is 0 Å². The molecule has 0 saturated heterocycles. The highest BCUT2D eigenvalue weighted by Crippen LogP contribution is 2.16. The Labute approximate surface area is 139 Å². The number of carbonyl (C=O) groups is 2. The van der Waals surface area contributed by atoms with Crippen LogP contribution in [0, 0.1) is 10.1 Å². The lowest BCUT2D eigenvalue weighted by molar-refractivity contribution is -0.384. The Morgan fingerprint density at radius 2 is 1.61 bits per heavy atom. The van der Waals surface area contributed by atoms with E-state index in [2.05, 4.69) is 15.8 Å². The minimum Gasteiger partial charge on any atom is -0.267 e. The number of hydrogen-bond acceptors (Lipinski definition) is 5. The smallest absolute Gasteiger partial charge is 0.267 e. The Bertz CT molecular complexity index is 780. The molecule has 1 heterocycles. The largest absolute Gasteiger partial charge is 0.289 e. The number of rotatable bonds is 3. The Kier molecular flexibility index (Phi) is 5.09. The Balaban J connectivity index is 2.02. The zero-order valence-corrected chi connectivity index (χ0v) is 12.8. The van der Waals surface area contributed by atoms with Crippen molar-refractivity contribution in [2.24, 2.45) is 0 Å². The van der Waals surface area contributed by atoms with Crippen molar-refractivity contribution in [3.05, 3.63) is 67.9 Å². The summed E-state index contributed by atoms with van der Waals surface area (Å²) in [5, 5.41) is 10.7. The first kappa shape index (κ1) is 16.7. The van der Waals surface area contributed by atoms with Crippen molar-refractivity contribution in [1.29, 1.82) is 0 Å². The molecule has 0 aliphatic heterocycles. The van der Waals surface area contributed by atoms with Gasteiger partial charge >= 0.3 is 0 Å². The fourth-order valence-electron chi connectivity index (χ4n) is 1.56. The molecule has 1 aromatic carbocycles. The molecule has 0 aliphatic rings. The monoisotopic (exact) mass is 354 g/mol. The van der Waals surface area contributed by atoms with Gasteiger partial charge in [-0.25, -0.2) is 4.98 Å². The van der Waals surface area contributed by atoms with Gasteiger partial charge in [0, 0.05) is 17.7 Å². The summed E-state index contributed by atoms with van der Waals surface area (Å²) in [4.78, 5) is 37.4. The lowest BCUT2D eigenvalue weighted by Gasteiger charge is -2.08. The third kappa shape index (κ3) is 4.15. The van der Waals surface area contributed by atoms with Crippen molar-refractivity contribution in [2.45, 2.75) is 0 Å². The highest BCUT2D eigenvalue weighted by molar-refractivity contribution is 6.34. The number of amides is 2. The number of hydrazine groups is 1. The van der Waals surface area contributed by atoms with E-state index < -0.39 is 16.7 Å². The summed E-state index contributed by atoms with van der Waals surface area (Å²) in [6.45, 7) is 0. The number of aromatic nitrogens is 1. The SMILES string of the molecule is O=C(NNC(=O)c1nc(Cl)ccc1Cl)c1ccc([N+](=O)[O-])cc1. The van der Waals surface area contributed by atoms with Gasteiger partial charge < -0.3 is 0 Å². The summed E-state index contributed by atoms with van der Waals surface area (Å²) in [5.74, 6) is -1.42. The van der Waals surface area contributed by atoms with Crippen LogP contribution in [0.5, 0.6) is 0 Å². The van der Waals surface area contributed by atoms with Gasteiger partial charge in [-0.05, 0) is 24.3 Å². The van der Waals surface area contributed by atoms with E-state index in [0.717, 1.165) is 0 Å². The molecular weight excluding hydrogens is 347 g/mol. The topological polar surface area (TPSA) is 114 Å². The molecule has 23 heavy (non-hydrogen) atoms. The predicted octanol–water partition coefficient (Wildman–Crippen LogP) is 2.37. The minimum absolute atomic E-state index is 0.0662. The third-order valence-electron chi connectivity index (χ3n) is 2.66. The third-order valence-corrected chi connectivity index (χ3v) is 3.17. The lowest BCUT2D eigenvalue weighted by atomic mass is 10.2. The molecule has 2 N–H and O–H groups in total. The molecule has 10 heteroatoms. The van der Waals surface area contributed by atoms with Crippen LogP contribution in [0.1, 0.15) is 20.8 Å². The molecule has 0 unspecified atom stereocenters. The van der Waals surface area contributed by atoms with Crippen molar-refractivity contribution < 1.29 is 14.5 Å². The van der Waals surface area contributed by atoms with E-state index in [1.165, 1.54) is 36.4 Å². The number of nitro benzene ring substituents is 1. The van der Waals surface area contributed by atoms with Crippen molar-refractivity contribution >= 4 is 40.7 Å². The Morgan fingerprint density at radius 3 is 2.22 bits per heavy atom. The second-order valence-corrected chi connectivity index (χ2v) is 4.97. The van der Waals surface area contributed by atoms with E-state index in [1.54, 1.807) is 0 Å². The maximum Gasteiger partial charge on any atom is 0.289 e. The van der Waals surface area contributed by atoms with Crippen LogP contribution < -0.4 is 10.9 Å². The van der Waals surface area contributed by atoms with Crippen LogP contribution in [0.4, 0.5) is 5.69 Å². The van der Waals surface area contributed by atoms with E-state index in [-0.39, 0.29) is 27.1 Å². The van der Waals surface area contributed by atoms with Gasteiger partial charge in [0.25, 0.3) is 17.5 Å². The number of nitrogens with zero attached hydrogens (tertiary/aromatic N) is 2. The number of pyridine rings is 1. The van der Waals surface area contributed by atoms with Crippen molar-refractivity contribution in [3.63, 3.8) is 0 Å². The van der Waals surface area contributed by atoms with Gasteiger partial charge in [0.1, 0.15) is 10.8 Å². The van der Waals surface area contributed by atoms with Crippen LogP contribution in [-0.2, 0) is 0 Å². The fourth-order valence-corrected chi connectivity index (χ4v) is 1.90. The number of benzene rings is 1. The molecule has 1 aromatic heterocycles. The molecule has 0 spiro atoms. The van der Waals surface area contributed by atoms with Crippen molar-refractivity contribution in [1.82, 2.24) is 15.8 Å². The first-order valence-electron chi connectivity index (χ1n) is 6.05. The van der Waals surface area contributed by atoms with E-state index >= 15 is 0 Å². The lowest BCUT2D eigenvalue weighted by Crippen LogP contribution is -2.42. The molecule has 0 aliphatic carbocycles. The molecule has 8 nitrogen and oxygen atoms in total. The van der Waals surface area contributed by atoms with Gasteiger partial charge in [-0.3, -0.25) is 30.6 Å². The summed E-state index contributed by atoms with van der Waals surface area (Å²) in [6, 6.07) is 7.66. The molecular formula is C13H8Cl2N4O4. The number of hydrogen-bond donors (Lipinski definition) is 2. The molecule has 0 fully saturated rings. The van der Waals surface area contributed by atoms with Crippen LogP contribution in [-0.4, -0.2) is 21.7 Å². The summed E-state index contributed by atoms with van der Waals surface area (Å²) >= 11 is 11.5. The minimum atomic E-state index is -0.757. The van der Waals surface area contributed by atoms with Gasteiger partial charge in [0.05, 0.1) is 9.95 Å². The average molecular weight is 355 g/mol. The van der Waals surface area contributed by atoms with E-state index in [9.17, 15) is 19.7 Å². The standard InChI is InChI=1S/C13H8Cl2N4O4/c14-9-5-6-10(15)16-11(9)13(21)18-17-12(20)7-1-3-8(4-2-7)19(22)23/h1-6H,(H,17,20)(H,18,21). The predicted molar refractivity (Wildman–Crippen MR) is 82.3 cm³/mol. The molecule has 2 aromatic rings. The second kappa shape index (κ2) is 7.03. The Morgan fingerprint density at radius 1 is 1.00 bits per heavy atom. The van der Waals surface area contributed by atoms with Gasteiger partial charge in [-0.2, -0.15) is 0 Å². The number of non-ortho nitro benzene ring substituents is 1. The quantitative estimate of drug-likeness (QED) is 0.498. The van der Waals surface area contributed by atoms with E-state index in [4.69, 9.17) is 23.2 Å². The van der Waals surface area contributed by atoms with E-state index in [1.807, 2.05) is 0 Å². The van der Waals surface area contributed by atoms with Gasteiger partial charge in [0.15, 0.2) is 0 Å². The molecule has 0 bridgehead atoms. The van der Waals surface area contributed by atoms with Crippen molar-refractivity contribution in [2.75, 3.05) is 0 Å². The van der Waals surface area contributed by atoms with Gasteiger partial charge in [-0.15, -0.1) is 0 Å². The molecule has 0 saturated carbocycles. The number of nitro groups is 1. The van der Waals surface area contributed by atoms with Crippen LogP contribution in [0.3, 0.4) is 0 Å². The molecule has 0 radical (unpaired) electrons. The summed E-state index contributed by atoms with van der Waals surface area (Å²) < 4.78 is 0.